The van der Waals surface area contributed by atoms with Crippen molar-refractivity contribution in [1.29, 1.82) is 0 Å². The number of thioether (sulfide) groups is 2. The molecule has 1 aromatic heterocycles. The first-order valence-electron chi connectivity index (χ1n) is 6.38. The van der Waals surface area contributed by atoms with Gasteiger partial charge in [0.05, 0.1) is 11.6 Å². The van der Waals surface area contributed by atoms with Crippen LogP contribution in [0, 0.1) is 0 Å². The van der Waals surface area contributed by atoms with Crippen molar-refractivity contribution in [2.75, 3.05) is 17.3 Å². The lowest BCUT2D eigenvalue weighted by Gasteiger charge is -2.29. The lowest BCUT2D eigenvalue weighted by atomic mass is 10.0. The quantitative estimate of drug-likeness (QED) is 0.672. The SMILES string of the molecule is NNC(c1ccc2cccnc2c1)C1CSCCS1. The third-order valence-electron chi connectivity index (χ3n) is 3.38. The molecule has 3 nitrogen and oxygen atoms in total. The summed E-state index contributed by atoms with van der Waals surface area (Å²) in [6.07, 6.45) is 1.84. The fourth-order valence-corrected chi connectivity index (χ4v) is 5.25. The maximum atomic E-state index is 5.79. The predicted octanol–water partition coefficient (Wildman–Crippen LogP) is 2.59. The number of nitrogens with zero attached hydrogens (tertiary/aromatic N) is 1. The van der Waals surface area contributed by atoms with Crippen LogP contribution in [0.2, 0.25) is 0 Å². The average molecular weight is 291 g/mol. The Bertz CT molecular complexity index is 555. The van der Waals surface area contributed by atoms with Crippen LogP contribution in [0.25, 0.3) is 10.9 Å². The summed E-state index contributed by atoms with van der Waals surface area (Å²) in [6.45, 7) is 0. The van der Waals surface area contributed by atoms with Crippen molar-refractivity contribution in [1.82, 2.24) is 10.4 Å². The van der Waals surface area contributed by atoms with Gasteiger partial charge in [-0.2, -0.15) is 23.5 Å². The third kappa shape index (κ3) is 2.89. The number of aromatic nitrogens is 1. The lowest BCUT2D eigenvalue weighted by Crippen LogP contribution is -2.37. The molecule has 2 aromatic rings. The highest BCUT2D eigenvalue weighted by molar-refractivity contribution is 8.06. The van der Waals surface area contributed by atoms with Gasteiger partial charge in [-0.1, -0.05) is 18.2 Å². The van der Waals surface area contributed by atoms with Crippen LogP contribution in [0.1, 0.15) is 11.6 Å². The first-order chi connectivity index (χ1) is 9.38. The van der Waals surface area contributed by atoms with Gasteiger partial charge in [-0.15, -0.1) is 0 Å². The van der Waals surface area contributed by atoms with Gasteiger partial charge in [0.1, 0.15) is 0 Å². The van der Waals surface area contributed by atoms with Crippen LogP contribution in [0.4, 0.5) is 0 Å². The molecule has 0 saturated carbocycles. The number of nitrogens with two attached hydrogens (primary N) is 1. The largest absolute Gasteiger partial charge is 0.271 e. The van der Waals surface area contributed by atoms with Gasteiger partial charge in [-0.25, -0.2) is 0 Å². The van der Waals surface area contributed by atoms with Crippen molar-refractivity contribution in [3.63, 3.8) is 0 Å². The van der Waals surface area contributed by atoms with E-state index in [0.29, 0.717) is 5.25 Å². The number of pyridine rings is 1. The highest BCUT2D eigenvalue weighted by Gasteiger charge is 2.25. The maximum Gasteiger partial charge on any atom is 0.0705 e. The molecule has 1 aliphatic rings. The Hall–Kier alpha value is -0.750. The van der Waals surface area contributed by atoms with Crippen LogP contribution in [0.3, 0.4) is 0 Å². The van der Waals surface area contributed by atoms with E-state index in [1.807, 2.05) is 35.8 Å². The molecule has 19 heavy (non-hydrogen) atoms. The second-order valence-electron chi connectivity index (χ2n) is 4.58. The van der Waals surface area contributed by atoms with E-state index in [0.717, 1.165) is 11.3 Å². The van der Waals surface area contributed by atoms with Crippen molar-refractivity contribution in [3.8, 4) is 0 Å². The number of hydrogen-bond donors (Lipinski definition) is 2. The summed E-state index contributed by atoms with van der Waals surface area (Å²) in [7, 11) is 0. The highest BCUT2D eigenvalue weighted by Crippen LogP contribution is 2.33. The van der Waals surface area contributed by atoms with Gasteiger partial charge in [-0.3, -0.25) is 16.3 Å². The molecule has 1 saturated heterocycles. The van der Waals surface area contributed by atoms with Crippen LogP contribution in [0.5, 0.6) is 0 Å². The number of fused-ring (bicyclic) bond motifs is 1. The van der Waals surface area contributed by atoms with E-state index in [2.05, 4.69) is 34.7 Å². The number of rotatable bonds is 3. The molecule has 1 aromatic carbocycles. The molecule has 100 valence electrons. The normalized spacial score (nSPS) is 21.4. The Morgan fingerprint density at radius 1 is 1.32 bits per heavy atom. The standard InChI is InChI=1S/C14H17N3S2/c15-17-14(13-9-18-6-7-19-13)11-4-3-10-2-1-5-16-12(10)8-11/h1-5,8,13-14,17H,6-7,9,15H2. The maximum absolute atomic E-state index is 5.79. The smallest absolute Gasteiger partial charge is 0.0705 e. The molecule has 3 N–H and O–H groups in total. The summed E-state index contributed by atoms with van der Waals surface area (Å²) in [6, 6.07) is 10.7. The van der Waals surface area contributed by atoms with Gasteiger partial charge >= 0.3 is 0 Å². The van der Waals surface area contributed by atoms with Crippen molar-refractivity contribution in [2.24, 2.45) is 5.84 Å². The van der Waals surface area contributed by atoms with Crippen molar-refractivity contribution in [2.45, 2.75) is 11.3 Å². The minimum atomic E-state index is 0.198. The summed E-state index contributed by atoms with van der Waals surface area (Å²) in [5.41, 5.74) is 5.26. The van der Waals surface area contributed by atoms with Crippen LogP contribution in [0.15, 0.2) is 36.5 Å². The van der Waals surface area contributed by atoms with Crippen LogP contribution < -0.4 is 11.3 Å². The van der Waals surface area contributed by atoms with E-state index in [-0.39, 0.29) is 6.04 Å². The zero-order chi connectivity index (χ0) is 13.1. The Labute approximate surface area is 121 Å². The fourth-order valence-electron chi connectivity index (χ4n) is 2.39. The summed E-state index contributed by atoms with van der Waals surface area (Å²) in [5.74, 6) is 9.39. The molecule has 5 heteroatoms. The van der Waals surface area contributed by atoms with Crippen molar-refractivity contribution < 1.29 is 0 Å². The third-order valence-corrected chi connectivity index (χ3v) is 6.25. The molecule has 2 atom stereocenters. The van der Waals surface area contributed by atoms with Gasteiger partial charge < -0.3 is 0 Å². The van der Waals surface area contributed by atoms with E-state index in [1.165, 1.54) is 22.5 Å². The Kier molecular flexibility index (Phi) is 4.28. The summed E-state index contributed by atoms with van der Waals surface area (Å²) < 4.78 is 0. The molecule has 0 aliphatic carbocycles. The first-order valence-corrected chi connectivity index (χ1v) is 8.59. The van der Waals surface area contributed by atoms with Gasteiger partial charge in [0.2, 0.25) is 0 Å². The average Bonchev–Trinajstić information content (AvgIpc) is 2.49. The first kappa shape index (κ1) is 13.2. The Morgan fingerprint density at radius 3 is 3.05 bits per heavy atom. The topological polar surface area (TPSA) is 50.9 Å². The van der Waals surface area contributed by atoms with Crippen LogP contribution in [-0.4, -0.2) is 27.5 Å². The molecule has 2 heterocycles. The van der Waals surface area contributed by atoms with Crippen molar-refractivity contribution >= 4 is 34.4 Å². The summed E-state index contributed by atoms with van der Waals surface area (Å²) >= 11 is 4.03. The monoisotopic (exact) mass is 291 g/mol. The Morgan fingerprint density at radius 2 is 2.26 bits per heavy atom. The predicted molar refractivity (Wildman–Crippen MR) is 85.4 cm³/mol. The second-order valence-corrected chi connectivity index (χ2v) is 7.08. The second kappa shape index (κ2) is 6.13. The lowest BCUT2D eigenvalue weighted by molar-refractivity contribution is 0.553. The molecule has 0 amide bonds. The number of hydrogen-bond acceptors (Lipinski definition) is 5. The Balaban J connectivity index is 1.91. The minimum Gasteiger partial charge on any atom is -0.271 e. The zero-order valence-corrected chi connectivity index (χ0v) is 12.2. The zero-order valence-electron chi connectivity index (χ0n) is 10.6. The number of benzene rings is 1. The van der Waals surface area contributed by atoms with E-state index in [1.54, 1.807) is 0 Å². The highest BCUT2D eigenvalue weighted by atomic mass is 32.2. The molecule has 1 aliphatic heterocycles. The van der Waals surface area contributed by atoms with Gasteiger partial charge in [0.25, 0.3) is 0 Å². The fraction of sp³-hybridized carbons (Fsp3) is 0.357. The van der Waals surface area contributed by atoms with Gasteiger partial charge in [0.15, 0.2) is 0 Å². The minimum absolute atomic E-state index is 0.198. The molecule has 3 rings (SSSR count). The van der Waals surface area contributed by atoms with E-state index >= 15 is 0 Å². The van der Waals surface area contributed by atoms with Crippen molar-refractivity contribution in [3.05, 3.63) is 42.1 Å². The molecular formula is C14H17N3S2. The van der Waals surface area contributed by atoms with Gasteiger partial charge in [-0.05, 0) is 17.7 Å². The summed E-state index contributed by atoms with van der Waals surface area (Å²) in [5, 5.41) is 1.71. The number of hydrazine groups is 1. The van der Waals surface area contributed by atoms with E-state index in [9.17, 15) is 0 Å². The summed E-state index contributed by atoms with van der Waals surface area (Å²) in [4.78, 5) is 4.42. The molecular weight excluding hydrogens is 274 g/mol. The van der Waals surface area contributed by atoms with E-state index < -0.39 is 0 Å². The molecule has 0 spiro atoms. The molecule has 0 radical (unpaired) electrons. The number of nitrogens with one attached hydrogen (secondary N) is 1. The van der Waals surface area contributed by atoms with Crippen LogP contribution >= 0.6 is 23.5 Å². The van der Waals surface area contributed by atoms with Crippen LogP contribution in [-0.2, 0) is 0 Å². The van der Waals surface area contributed by atoms with Gasteiger partial charge in [0, 0.05) is 34.1 Å². The molecule has 1 fully saturated rings. The molecule has 2 unspecified atom stereocenters. The van der Waals surface area contributed by atoms with E-state index in [4.69, 9.17) is 5.84 Å². The molecule has 0 bridgehead atoms.